The van der Waals surface area contributed by atoms with Crippen molar-refractivity contribution in [3.8, 4) is 45.0 Å². The van der Waals surface area contributed by atoms with E-state index in [1.165, 1.54) is 0 Å². The van der Waals surface area contributed by atoms with Gasteiger partial charge in [0.25, 0.3) is 5.82 Å². The normalized spacial score (nSPS) is 11.7. The second kappa shape index (κ2) is 24.6. The van der Waals surface area contributed by atoms with E-state index in [2.05, 4.69) is 234 Å². The van der Waals surface area contributed by atoms with E-state index in [0.29, 0.717) is 29.9 Å². The van der Waals surface area contributed by atoms with Crippen LogP contribution < -0.4 is 4.57 Å². The summed E-state index contributed by atoms with van der Waals surface area (Å²) in [4.78, 5) is 3.53. The van der Waals surface area contributed by atoms with Gasteiger partial charge in [-0.15, -0.1) is 30.0 Å². The number of benzene rings is 10. The fraction of sp³-hybridized carbons (Fsp3) is 0.122. The molecule has 0 aliphatic rings. The second-order valence-corrected chi connectivity index (χ2v) is 21.9. The summed E-state index contributed by atoms with van der Waals surface area (Å²) < 4.78 is 4.26. The van der Waals surface area contributed by atoms with E-state index in [9.17, 15) is 5.11 Å². The number of imidazole rings is 1. The van der Waals surface area contributed by atoms with Crippen molar-refractivity contribution in [2.45, 2.75) is 57.0 Å². The first-order valence-electron chi connectivity index (χ1n) is 29.2. The Morgan fingerprint density at radius 3 is 1.10 bits per heavy atom. The molecule has 0 saturated heterocycles. The maximum absolute atomic E-state index is 11.2. The van der Waals surface area contributed by atoms with Crippen molar-refractivity contribution >= 4 is 11.6 Å². The van der Waals surface area contributed by atoms with Crippen LogP contribution in [0.3, 0.4) is 0 Å². The van der Waals surface area contributed by atoms with Crippen molar-refractivity contribution in [1.29, 1.82) is 0 Å². The summed E-state index contributed by atoms with van der Waals surface area (Å²) in [5, 5.41) is 41.6. The number of tetrazole rings is 2. The lowest BCUT2D eigenvalue weighted by Crippen LogP contribution is -2.41. The Balaban J connectivity index is 0.782. The van der Waals surface area contributed by atoms with Gasteiger partial charge in [0, 0.05) is 17.5 Å². The van der Waals surface area contributed by atoms with Gasteiger partial charge < -0.3 is 5.11 Å². The van der Waals surface area contributed by atoms with Gasteiger partial charge in [0.05, 0.1) is 0 Å². The Morgan fingerprint density at radius 2 is 0.756 bits per heavy atom. The van der Waals surface area contributed by atoms with E-state index in [1.807, 2.05) is 60.7 Å². The van der Waals surface area contributed by atoms with Gasteiger partial charge in [0.1, 0.15) is 19.7 Å². The highest BCUT2D eigenvalue weighted by Crippen LogP contribution is 2.43. The molecule has 0 saturated carbocycles. The fourth-order valence-electron chi connectivity index (χ4n) is 12.3. The Kier molecular flexibility index (Phi) is 15.7. The number of rotatable bonds is 20. The number of hydrogen-bond donors (Lipinski definition) is 1. The van der Waals surface area contributed by atoms with Gasteiger partial charge >= 0.3 is 0 Å². The molecule has 420 valence electrons. The molecule has 13 rings (SSSR count). The fourth-order valence-corrected chi connectivity index (χ4v) is 12.6. The maximum atomic E-state index is 11.2. The van der Waals surface area contributed by atoms with E-state index in [0.717, 1.165) is 109 Å². The molecule has 0 fully saturated rings. The minimum absolute atomic E-state index is 0.190. The summed E-state index contributed by atoms with van der Waals surface area (Å²) in [5.74, 6) is 1.77. The molecule has 0 atom stereocenters. The molecule has 13 aromatic rings. The number of aliphatic hydroxyl groups is 1. The van der Waals surface area contributed by atoms with Crippen molar-refractivity contribution in [2.24, 2.45) is 0 Å². The first-order valence-corrected chi connectivity index (χ1v) is 29.6. The highest BCUT2D eigenvalue weighted by molar-refractivity contribution is 6.30. The molecular weight excluding hydrogens is 1080 g/mol. The summed E-state index contributed by atoms with van der Waals surface area (Å²) in [5.41, 5.74) is 13.1. The molecule has 0 radical (unpaired) electrons. The Bertz CT molecular complexity index is 4170. The lowest BCUT2D eigenvalue weighted by molar-refractivity contribution is -0.704. The van der Waals surface area contributed by atoms with Crippen molar-refractivity contribution in [1.82, 2.24) is 45.0 Å². The molecule has 12 heteroatoms. The van der Waals surface area contributed by atoms with Crippen LogP contribution in [0.15, 0.2) is 279 Å². The topological polar surface area (TPSA) is 116 Å². The smallest absolute Gasteiger partial charge is 0.284 e. The van der Waals surface area contributed by atoms with Gasteiger partial charge in [-0.2, -0.15) is 0 Å². The van der Waals surface area contributed by atoms with E-state index >= 15 is 0 Å². The SMILES string of the molecule is CCCCc1c(Cl)n(Cc2ccc(-c3ccccc3-c3nnn(C(c4ccccc4)(c4ccccc4)c4ccccc4)n3)cc2)c(CO)[n+]1Cc1ccc(-c2ccccc2-c2nnn(C(c3ccccc3)(c3ccccc3)c3ccccc3)n2)cc1. The molecule has 11 nitrogen and oxygen atoms in total. The number of unbranched alkanes of at least 4 members (excludes halogenated alkanes) is 1. The van der Waals surface area contributed by atoms with Gasteiger partial charge in [-0.05, 0) is 95.2 Å². The molecule has 1 N–H and O–H groups in total. The summed E-state index contributed by atoms with van der Waals surface area (Å²) in [6.07, 6.45) is 2.72. The summed E-state index contributed by atoms with van der Waals surface area (Å²) in [7, 11) is 0. The van der Waals surface area contributed by atoms with Crippen LogP contribution in [0.25, 0.3) is 45.0 Å². The Morgan fingerprint density at radius 1 is 0.419 bits per heavy atom. The summed E-state index contributed by atoms with van der Waals surface area (Å²) >= 11 is 7.44. The zero-order valence-corrected chi connectivity index (χ0v) is 48.4. The second-order valence-electron chi connectivity index (χ2n) is 21.5. The van der Waals surface area contributed by atoms with Crippen molar-refractivity contribution < 1.29 is 9.67 Å². The molecule has 0 aliphatic carbocycles. The molecule has 3 aromatic heterocycles. The van der Waals surface area contributed by atoms with Crippen LogP contribution in [-0.4, -0.2) is 50.1 Å². The molecule has 0 aliphatic heterocycles. The molecule has 10 aromatic carbocycles. The number of aromatic nitrogens is 10. The first-order chi connectivity index (χ1) is 42.5. The lowest BCUT2D eigenvalue weighted by atomic mass is 9.77. The van der Waals surface area contributed by atoms with Crippen LogP contribution >= 0.6 is 11.6 Å². The lowest BCUT2D eigenvalue weighted by Gasteiger charge is -2.34. The zero-order chi connectivity index (χ0) is 58.3. The largest absolute Gasteiger partial charge is 0.384 e. The van der Waals surface area contributed by atoms with Gasteiger partial charge in [-0.3, -0.25) is 0 Å². The first kappa shape index (κ1) is 55.0. The molecular formula is C74H62ClN10O+. The van der Waals surface area contributed by atoms with E-state index in [4.69, 9.17) is 42.4 Å². The molecule has 0 amide bonds. The number of aliphatic hydroxyl groups excluding tert-OH is 1. The molecule has 86 heavy (non-hydrogen) atoms. The van der Waals surface area contributed by atoms with E-state index in [-0.39, 0.29) is 6.61 Å². The van der Waals surface area contributed by atoms with Crippen molar-refractivity contribution in [2.75, 3.05) is 0 Å². The van der Waals surface area contributed by atoms with Gasteiger partial charge in [-0.1, -0.05) is 292 Å². The quantitative estimate of drug-likeness (QED) is 0.0597. The van der Waals surface area contributed by atoms with Crippen LogP contribution in [0.4, 0.5) is 0 Å². The Labute approximate surface area is 505 Å². The maximum Gasteiger partial charge on any atom is 0.284 e. The molecule has 3 heterocycles. The number of halogens is 1. The predicted octanol–water partition coefficient (Wildman–Crippen LogP) is 14.7. The predicted molar refractivity (Wildman–Crippen MR) is 339 cm³/mol. The average Bonchev–Trinajstić information content (AvgIpc) is 1.37. The minimum Gasteiger partial charge on any atom is -0.384 e. The van der Waals surface area contributed by atoms with Gasteiger partial charge in [0.15, 0.2) is 16.8 Å². The monoisotopic (exact) mass is 1140 g/mol. The zero-order valence-electron chi connectivity index (χ0n) is 47.6. The van der Waals surface area contributed by atoms with E-state index in [1.54, 1.807) is 9.59 Å². The highest BCUT2D eigenvalue weighted by atomic mass is 35.5. The molecule has 0 spiro atoms. The van der Waals surface area contributed by atoms with E-state index < -0.39 is 11.1 Å². The van der Waals surface area contributed by atoms with Crippen molar-refractivity contribution in [3.05, 3.63) is 340 Å². The van der Waals surface area contributed by atoms with Gasteiger partial charge in [0.2, 0.25) is 16.8 Å². The number of hydrogen-bond acceptors (Lipinski definition) is 7. The summed E-state index contributed by atoms with van der Waals surface area (Å²) in [6, 6.07) is 95.8. The van der Waals surface area contributed by atoms with Crippen LogP contribution in [0.1, 0.15) is 75.8 Å². The van der Waals surface area contributed by atoms with Gasteiger partial charge in [-0.25, -0.2) is 9.13 Å². The number of nitrogens with zero attached hydrogens (tertiary/aromatic N) is 10. The van der Waals surface area contributed by atoms with Crippen LogP contribution in [0.5, 0.6) is 0 Å². The standard InChI is InChI=1S/C74H62ClN10O/c1-2-3-42-68-70(75)83(52-55-45-49-57(50-46-55)65-39-23-25-41-67(65)72-77-81-85(79-72)74(61-32-16-7-17-33-61,62-34-18-8-19-35-62)63-36-20-9-21-37-63)69(53-86)82(68)51-54-43-47-56(48-44-54)64-38-22-24-40-66(64)71-76-80-84(78-71)73(58-26-10-4-11-27-58,59-28-12-5-13-29-59)60-30-14-6-15-31-60/h4-41,43-50,86H,2-3,42,51-53H2,1H3/q+1. The van der Waals surface area contributed by atoms with Crippen LogP contribution in [0, 0.1) is 0 Å². The minimum atomic E-state index is -0.902. The molecule has 0 unspecified atom stereocenters. The average molecular weight is 1140 g/mol. The highest BCUT2D eigenvalue weighted by Gasteiger charge is 2.43. The third kappa shape index (κ3) is 10.2. The van der Waals surface area contributed by atoms with Crippen LogP contribution in [-0.2, 0) is 37.2 Å². The summed E-state index contributed by atoms with van der Waals surface area (Å²) in [6.45, 7) is 2.99. The van der Waals surface area contributed by atoms with Crippen LogP contribution in [0.2, 0.25) is 5.15 Å². The Hall–Kier alpha value is -10.2. The third-order valence-corrected chi connectivity index (χ3v) is 16.9. The van der Waals surface area contributed by atoms with Crippen molar-refractivity contribution in [3.63, 3.8) is 0 Å². The third-order valence-electron chi connectivity index (χ3n) is 16.5. The molecule has 0 bridgehead atoms.